The summed E-state index contributed by atoms with van der Waals surface area (Å²) in [4.78, 5) is 22.9. The molecule has 0 aliphatic heterocycles. The Morgan fingerprint density at radius 1 is 1.10 bits per heavy atom. The van der Waals surface area contributed by atoms with E-state index in [1.54, 1.807) is 26.2 Å². The van der Waals surface area contributed by atoms with Crippen molar-refractivity contribution in [1.82, 2.24) is 20.3 Å². The lowest BCUT2D eigenvalue weighted by atomic mass is 10.1. The number of nitrogens with two attached hydrogens (primary N) is 1. The fourth-order valence-electron chi connectivity index (χ4n) is 3.19. The van der Waals surface area contributed by atoms with Crippen LogP contribution in [0.1, 0.15) is 35.3 Å². The van der Waals surface area contributed by atoms with E-state index in [0.717, 1.165) is 22.8 Å². The van der Waals surface area contributed by atoms with Crippen molar-refractivity contribution in [3.8, 4) is 11.3 Å². The van der Waals surface area contributed by atoms with Gasteiger partial charge >= 0.3 is 6.18 Å². The third-order valence-corrected chi connectivity index (χ3v) is 5.47. The predicted molar refractivity (Wildman–Crippen MR) is 141 cm³/mol. The average Bonchev–Trinajstić information content (AvgIpc) is 2.94. The van der Waals surface area contributed by atoms with Gasteiger partial charge in [0.2, 0.25) is 0 Å². The maximum atomic E-state index is 12.7. The molecule has 39 heavy (non-hydrogen) atoms. The Morgan fingerprint density at radius 3 is 2.31 bits per heavy atom. The maximum absolute atomic E-state index is 12.7. The minimum atomic E-state index is -4.55. The Morgan fingerprint density at radius 2 is 1.79 bits per heavy atom. The SMILES string of the molecule is C/C=C(\C=C(\F)CF)C(C)NC.Nc1cnc(-c2ccc(CNc3ncc(C(F)(F)F)cc3C=O)cc2)cn1. The first-order valence-corrected chi connectivity index (χ1v) is 11.7. The second-order valence-electron chi connectivity index (χ2n) is 8.18. The molecule has 0 saturated carbocycles. The van der Waals surface area contributed by atoms with Crippen molar-refractivity contribution in [2.75, 3.05) is 24.8 Å². The minimum absolute atomic E-state index is 0.0484. The first-order chi connectivity index (χ1) is 18.5. The Labute approximate surface area is 223 Å². The summed E-state index contributed by atoms with van der Waals surface area (Å²) in [5, 5.41) is 5.82. The molecule has 208 valence electrons. The van der Waals surface area contributed by atoms with Gasteiger partial charge in [-0.2, -0.15) is 13.2 Å². The number of hydrogen-bond donors (Lipinski definition) is 3. The summed E-state index contributed by atoms with van der Waals surface area (Å²) in [6.45, 7) is 2.93. The van der Waals surface area contributed by atoms with E-state index in [-0.39, 0.29) is 24.0 Å². The van der Waals surface area contributed by atoms with Gasteiger partial charge < -0.3 is 16.4 Å². The highest BCUT2D eigenvalue weighted by atomic mass is 19.4. The van der Waals surface area contributed by atoms with Crippen molar-refractivity contribution < 1.29 is 26.7 Å². The molecule has 3 rings (SSSR count). The van der Waals surface area contributed by atoms with E-state index in [1.807, 2.05) is 31.2 Å². The van der Waals surface area contributed by atoms with Crippen LogP contribution in [0.25, 0.3) is 11.3 Å². The molecule has 1 atom stereocenters. The van der Waals surface area contributed by atoms with E-state index >= 15 is 0 Å². The Balaban J connectivity index is 0.000000377. The lowest BCUT2D eigenvalue weighted by Gasteiger charge is -2.11. The second-order valence-corrected chi connectivity index (χ2v) is 8.18. The number of hydrogen-bond acceptors (Lipinski definition) is 7. The van der Waals surface area contributed by atoms with Crippen LogP contribution >= 0.6 is 0 Å². The Kier molecular flexibility index (Phi) is 11.7. The van der Waals surface area contributed by atoms with Crippen LogP contribution in [0.5, 0.6) is 0 Å². The summed E-state index contributed by atoms with van der Waals surface area (Å²) in [5.41, 5.74) is 7.49. The third-order valence-electron chi connectivity index (χ3n) is 5.47. The molecule has 0 fully saturated rings. The number of likely N-dealkylation sites (N-methyl/N-ethyl adjacent to an activating group) is 1. The van der Waals surface area contributed by atoms with E-state index in [1.165, 1.54) is 12.3 Å². The number of allylic oxidation sites excluding steroid dienone is 2. The number of aromatic nitrogens is 3. The summed E-state index contributed by atoms with van der Waals surface area (Å²) in [6, 6.07) is 8.13. The van der Waals surface area contributed by atoms with Crippen molar-refractivity contribution >= 4 is 17.9 Å². The molecule has 0 amide bonds. The molecule has 12 heteroatoms. The zero-order valence-corrected chi connectivity index (χ0v) is 21.6. The summed E-state index contributed by atoms with van der Waals surface area (Å²) >= 11 is 0. The number of aldehydes is 1. The zero-order valence-electron chi connectivity index (χ0n) is 21.6. The highest BCUT2D eigenvalue weighted by Gasteiger charge is 2.31. The number of carbonyl (C=O) groups is 1. The first kappa shape index (κ1) is 31.0. The Bertz CT molecular complexity index is 1280. The van der Waals surface area contributed by atoms with Crippen LogP contribution < -0.4 is 16.4 Å². The van der Waals surface area contributed by atoms with E-state index in [0.29, 0.717) is 24.0 Å². The van der Waals surface area contributed by atoms with Crippen LogP contribution in [-0.2, 0) is 12.7 Å². The van der Waals surface area contributed by atoms with Gasteiger partial charge in [-0.1, -0.05) is 30.3 Å². The molecule has 0 spiro atoms. The van der Waals surface area contributed by atoms with Gasteiger partial charge in [0.25, 0.3) is 0 Å². The van der Waals surface area contributed by atoms with Gasteiger partial charge in [-0.15, -0.1) is 0 Å². The summed E-state index contributed by atoms with van der Waals surface area (Å²) in [6.07, 6.45) is 2.49. The van der Waals surface area contributed by atoms with Crippen LogP contribution in [0.2, 0.25) is 0 Å². The van der Waals surface area contributed by atoms with E-state index in [4.69, 9.17) is 5.73 Å². The van der Waals surface area contributed by atoms with Crippen LogP contribution in [0.4, 0.5) is 33.6 Å². The summed E-state index contributed by atoms with van der Waals surface area (Å²) in [5.74, 6) is -0.314. The number of anilines is 2. The van der Waals surface area contributed by atoms with Crippen LogP contribution in [0.15, 0.2) is 72.5 Å². The van der Waals surface area contributed by atoms with Crippen LogP contribution in [0.3, 0.4) is 0 Å². The third kappa shape index (κ3) is 9.56. The van der Waals surface area contributed by atoms with Crippen molar-refractivity contribution in [3.63, 3.8) is 0 Å². The molecule has 0 saturated heterocycles. The van der Waals surface area contributed by atoms with Crippen molar-refractivity contribution in [1.29, 1.82) is 0 Å². The largest absolute Gasteiger partial charge is 0.417 e. The summed E-state index contributed by atoms with van der Waals surface area (Å²) in [7, 11) is 1.77. The molecule has 4 N–H and O–H groups in total. The number of benzene rings is 1. The second kappa shape index (κ2) is 14.7. The molecule has 0 aliphatic carbocycles. The molecule has 1 aromatic carbocycles. The smallest absolute Gasteiger partial charge is 0.382 e. The topological polar surface area (TPSA) is 106 Å². The van der Waals surface area contributed by atoms with Gasteiger partial charge in [0.05, 0.1) is 29.2 Å². The molecular weight excluding hydrogens is 519 g/mol. The fourth-order valence-corrected chi connectivity index (χ4v) is 3.19. The lowest BCUT2D eigenvalue weighted by Crippen LogP contribution is -2.22. The van der Waals surface area contributed by atoms with Crippen molar-refractivity contribution in [3.05, 3.63) is 89.2 Å². The number of halogens is 5. The number of pyridine rings is 1. The molecule has 3 aromatic rings. The molecule has 2 aromatic heterocycles. The Hall–Kier alpha value is -4.19. The fraction of sp³-hybridized carbons (Fsp3) is 0.259. The number of nitrogen functional groups attached to an aromatic ring is 1. The van der Waals surface area contributed by atoms with Gasteiger partial charge in [-0.05, 0) is 44.2 Å². The molecule has 0 bridgehead atoms. The van der Waals surface area contributed by atoms with Crippen LogP contribution in [-0.4, -0.2) is 41.0 Å². The van der Waals surface area contributed by atoms with Gasteiger partial charge in [0.15, 0.2) is 6.29 Å². The van der Waals surface area contributed by atoms with Gasteiger partial charge in [0, 0.05) is 24.3 Å². The van der Waals surface area contributed by atoms with E-state index in [2.05, 4.69) is 25.6 Å². The normalized spacial score (nSPS) is 12.8. The van der Waals surface area contributed by atoms with Gasteiger partial charge in [-0.3, -0.25) is 9.78 Å². The van der Waals surface area contributed by atoms with E-state index < -0.39 is 24.2 Å². The maximum Gasteiger partial charge on any atom is 0.417 e. The van der Waals surface area contributed by atoms with Gasteiger partial charge in [-0.25, -0.2) is 18.7 Å². The molecule has 0 radical (unpaired) electrons. The number of alkyl halides is 4. The zero-order chi connectivity index (χ0) is 29.0. The first-order valence-electron chi connectivity index (χ1n) is 11.7. The summed E-state index contributed by atoms with van der Waals surface area (Å²) < 4.78 is 62.3. The van der Waals surface area contributed by atoms with Crippen LogP contribution in [0, 0.1) is 0 Å². The number of nitrogens with one attached hydrogen (secondary N) is 2. The minimum Gasteiger partial charge on any atom is -0.382 e. The van der Waals surface area contributed by atoms with Crippen molar-refractivity contribution in [2.24, 2.45) is 0 Å². The molecule has 0 aliphatic rings. The predicted octanol–water partition coefficient (Wildman–Crippen LogP) is 5.93. The molecule has 1 unspecified atom stereocenters. The van der Waals surface area contributed by atoms with Gasteiger partial charge in [0.1, 0.15) is 24.1 Å². The standard InChI is InChI=1S/C18H14F3N5O.C9H15F2N/c19-18(20,21)14-5-13(10-27)17(26-7-14)25-6-11-1-3-12(4-2-11)15-8-24-16(22)9-23-15;1-4-8(7(2)12-3)5-9(11)6-10/h1-5,7-10H,6H2,(H2,22,24)(H,25,26);4-5,7,12H,6H2,1-3H3/b;8-4+,9-5+. The quantitative estimate of drug-likeness (QED) is 0.173. The highest BCUT2D eigenvalue weighted by Crippen LogP contribution is 2.30. The monoisotopic (exact) mass is 548 g/mol. The molecule has 2 heterocycles. The van der Waals surface area contributed by atoms with Crippen molar-refractivity contribution in [2.45, 2.75) is 32.6 Å². The number of nitrogens with zero attached hydrogens (tertiary/aromatic N) is 3. The number of carbonyl (C=O) groups excluding carboxylic acids is 1. The number of rotatable bonds is 9. The van der Waals surface area contributed by atoms with E-state index in [9.17, 15) is 26.7 Å². The average molecular weight is 549 g/mol. The molecular formula is C27H29F5N6O. The highest BCUT2D eigenvalue weighted by molar-refractivity contribution is 5.82. The molecule has 7 nitrogen and oxygen atoms in total. The lowest BCUT2D eigenvalue weighted by molar-refractivity contribution is -0.137.